The Morgan fingerprint density at radius 1 is 1.14 bits per heavy atom. The molecule has 0 saturated heterocycles. The highest BCUT2D eigenvalue weighted by molar-refractivity contribution is 7.91. The summed E-state index contributed by atoms with van der Waals surface area (Å²) in [5.41, 5.74) is 3.38. The summed E-state index contributed by atoms with van der Waals surface area (Å²) in [4.78, 5) is 12.7. The van der Waals surface area contributed by atoms with Gasteiger partial charge in [0.05, 0.1) is 28.5 Å². The topological polar surface area (TPSA) is 81.1 Å². The Morgan fingerprint density at radius 3 is 2.48 bits per heavy atom. The number of rotatable bonds is 6. The molecule has 0 radical (unpaired) electrons. The fourth-order valence-corrected chi connectivity index (χ4v) is 3.99. The molecule has 29 heavy (non-hydrogen) atoms. The number of nitrogens with one attached hydrogen (secondary N) is 1. The minimum atomic E-state index is -3.35. The second-order valence-corrected chi connectivity index (χ2v) is 8.97. The molecule has 1 amide bonds. The van der Waals surface area contributed by atoms with E-state index in [0.29, 0.717) is 17.1 Å². The number of aromatic nitrogens is 2. The van der Waals surface area contributed by atoms with Crippen LogP contribution in [0.1, 0.15) is 23.9 Å². The quantitative estimate of drug-likeness (QED) is 0.667. The molecular weight excluding hydrogens is 393 g/mol. The molecule has 152 valence electrons. The van der Waals surface area contributed by atoms with Gasteiger partial charge in [-0.1, -0.05) is 13.0 Å². The van der Waals surface area contributed by atoms with Gasteiger partial charge in [0.1, 0.15) is 5.82 Å². The molecule has 3 rings (SSSR count). The van der Waals surface area contributed by atoms with Gasteiger partial charge in [0.25, 0.3) is 0 Å². The van der Waals surface area contributed by atoms with Gasteiger partial charge in [-0.3, -0.25) is 4.79 Å². The predicted octanol–water partition coefficient (Wildman–Crippen LogP) is 3.60. The van der Waals surface area contributed by atoms with Gasteiger partial charge < -0.3 is 5.32 Å². The Labute approximate surface area is 169 Å². The van der Waals surface area contributed by atoms with Gasteiger partial charge in [0.15, 0.2) is 9.84 Å². The summed E-state index contributed by atoms with van der Waals surface area (Å²) in [6.07, 6.45) is 0.0869. The van der Waals surface area contributed by atoms with Crippen molar-refractivity contribution in [3.05, 3.63) is 71.3 Å². The summed E-state index contributed by atoms with van der Waals surface area (Å²) < 4.78 is 38.9. The fourth-order valence-electron chi connectivity index (χ4n) is 3.06. The largest absolute Gasteiger partial charge is 0.326 e. The average Bonchev–Trinajstić information content (AvgIpc) is 2.97. The van der Waals surface area contributed by atoms with Gasteiger partial charge in [-0.2, -0.15) is 5.10 Å². The van der Waals surface area contributed by atoms with Crippen LogP contribution in [0.15, 0.2) is 53.4 Å². The van der Waals surface area contributed by atoms with Crippen LogP contribution in [-0.4, -0.2) is 29.9 Å². The summed E-state index contributed by atoms with van der Waals surface area (Å²) in [7, 11) is -3.35. The maximum absolute atomic E-state index is 13.2. The number of amides is 1. The van der Waals surface area contributed by atoms with Crippen molar-refractivity contribution in [1.82, 2.24) is 9.78 Å². The SMILES string of the molecule is CCS(=O)(=O)c1cccc(NC(=O)Cc2c(C)nn(-c3ccc(F)cc3)c2C)c1. The lowest BCUT2D eigenvalue weighted by Crippen LogP contribution is -2.16. The van der Waals surface area contributed by atoms with Gasteiger partial charge >= 0.3 is 0 Å². The summed E-state index contributed by atoms with van der Waals surface area (Å²) >= 11 is 0. The molecule has 0 unspecified atom stereocenters. The van der Waals surface area contributed by atoms with E-state index in [-0.39, 0.29) is 28.8 Å². The third kappa shape index (κ3) is 4.54. The normalized spacial score (nSPS) is 11.4. The highest BCUT2D eigenvalue weighted by atomic mass is 32.2. The van der Waals surface area contributed by atoms with Crippen LogP contribution in [0.3, 0.4) is 0 Å². The van der Waals surface area contributed by atoms with Crippen LogP contribution in [0.2, 0.25) is 0 Å². The van der Waals surface area contributed by atoms with Crippen molar-refractivity contribution in [3.8, 4) is 5.69 Å². The standard InChI is InChI=1S/C21H22FN3O3S/c1-4-29(27,28)19-7-5-6-17(12-19)23-21(26)13-20-14(2)24-25(15(20)3)18-10-8-16(22)9-11-18/h5-12H,4,13H2,1-3H3,(H,23,26). The zero-order valence-corrected chi connectivity index (χ0v) is 17.3. The predicted molar refractivity (Wildman–Crippen MR) is 109 cm³/mol. The minimum Gasteiger partial charge on any atom is -0.326 e. The first kappa shape index (κ1) is 20.7. The highest BCUT2D eigenvalue weighted by Gasteiger charge is 2.17. The molecule has 1 N–H and O–H groups in total. The van der Waals surface area contributed by atoms with E-state index in [0.717, 1.165) is 11.3 Å². The number of benzene rings is 2. The van der Waals surface area contributed by atoms with Gasteiger partial charge in [-0.05, 0) is 56.3 Å². The van der Waals surface area contributed by atoms with Gasteiger partial charge in [-0.25, -0.2) is 17.5 Å². The Balaban J connectivity index is 1.80. The van der Waals surface area contributed by atoms with Crippen LogP contribution in [0.25, 0.3) is 5.69 Å². The first-order chi connectivity index (χ1) is 13.7. The van der Waals surface area contributed by atoms with Crippen molar-refractivity contribution >= 4 is 21.4 Å². The molecule has 0 saturated carbocycles. The Morgan fingerprint density at radius 2 is 1.83 bits per heavy atom. The van der Waals surface area contributed by atoms with Crippen molar-refractivity contribution < 1.29 is 17.6 Å². The zero-order valence-electron chi connectivity index (χ0n) is 16.4. The lowest BCUT2D eigenvalue weighted by molar-refractivity contribution is -0.115. The molecule has 0 spiro atoms. The lowest BCUT2D eigenvalue weighted by atomic mass is 10.1. The van der Waals surface area contributed by atoms with Crippen molar-refractivity contribution in [2.45, 2.75) is 32.1 Å². The van der Waals surface area contributed by atoms with E-state index in [4.69, 9.17) is 0 Å². The molecule has 0 aliphatic carbocycles. The van der Waals surface area contributed by atoms with Crippen molar-refractivity contribution in [2.75, 3.05) is 11.1 Å². The number of sulfone groups is 1. The number of hydrogen-bond donors (Lipinski definition) is 1. The number of anilines is 1. The zero-order chi connectivity index (χ0) is 21.2. The van der Waals surface area contributed by atoms with Gasteiger partial charge in [0.2, 0.25) is 5.91 Å². The first-order valence-corrected chi connectivity index (χ1v) is 10.8. The third-order valence-corrected chi connectivity index (χ3v) is 6.44. The van der Waals surface area contributed by atoms with Crippen molar-refractivity contribution in [2.24, 2.45) is 0 Å². The van der Waals surface area contributed by atoms with E-state index < -0.39 is 9.84 Å². The second kappa shape index (κ2) is 8.16. The second-order valence-electron chi connectivity index (χ2n) is 6.69. The number of nitrogens with zero attached hydrogens (tertiary/aromatic N) is 2. The van der Waals surface area contributed by atoms with Gasteiger partial charge in [-0.15, -0.1) is 0 Å². The lowest BCUT2D eigenvalue weighted by Gasteiger charge is -2.08. The smallest absolute Gasteiger partial charge is 0.228 e. The van der Waals surface area contributed by atoms with E-state index in [1.54, 1.807) is 35.9 Å². The summed E-state index contributed by atoms with van der Waals surface area (Å²) in [5, 5.41) is 7.21. The molecule has 3 aromatic rings. The molecule has 0 bridgehead atoms. The maximum Gasteiger partial charge on any atom is 0.228 e. The molecule has 0 aliphatic rings. The van der Waals surface area contributed by atoms with Gasteiger partial charge in [0, 0.05) is 16.9 Å². The maximum atomic E-state index is 13.2. The van der Waals surface area contributed by atoms with E-state index in [9.17, 15) is 17.6 Å². The molecule has 8 heteroatoms. The molecule has 2 aromatic carbocycles. The third-order valence-electron chi connectivity index (χ3n) is 4.71. The number of carbonyl (C=O) groups is 1. The monoisotopic (exact) mass is 415 g/mol. The number of hydrogen-bond acceptors (Lipinski definition) is 4. The number of carbonyl (C=O) groups excluding carboxylic acids is 1. The molecule has 0 atom stereocenters. The number of aryl methyl sites for hydroxylation is 1. The molecule has 0 fully saturated rings. The van der Waals surface area contributed by atoms with Crippen LogP contribution in [-0.2, 0) is 21.1 Å². The van der Waals surface area contributed by atoms with E-state index in [1.165, 1.54) is 24.3 Å². The van der Waals surface area contributed by atoms with Crippen LogP contribution >= 0.6 is 0 Å². The van der Waals surface area contributed by atoms with Crippen LogP contribution in [0, 0.1) is 19.7 Å². The minimum absolute atomic E-state index is 0.00857. The van der Waals surface area contributed by atoms with Crippen molar-refractivity contribution in [1.29, 1.82) is 0 Å². The van der Waals surface area contributed by atoms with E-state index in [1.807, 2.05) is 13.8 Å². The average molecular weight is 415 g/mol. The summed E-state index contributed by atoms with van der Waals surface area (Å²) in [6.45, 7) is 5.23. The van der Waals surface area contributed by atoms with E-state index >= 15 is 0 Å². The summed E-state index contributed by atoms with van der Waals surface area (Å²) in [6, 6.07) is 12.2. The molecule has 6 nitrogen and oxygen atoms in total. The van der Waals surface area contributed by atoms with E-state index in [2.05, 4.69) is 10.4 Å². The highest BCUT2D eigenvalue weighted by Crippen LogP contribution is 2.21. The van der Waals surface area contributed by atoms with Crippen LogP contribution < -0.4 is 5.32 Å². The molecule has 1 aromatic heterocycles. The number of halogens is 1. The Kier molecular flexibility index (Phi) is 5.83. The van der Waals surface area contributed by atoms with Crippen LogP contribution in [0.5, 0.6) is 0 Å². The van der Waals surface area contributed by atoms with Crippen LogP contribution in [0.4, 0.5) is 10.1 Å². The Bertz CT molecular complexity index is 1150. The summed E-state index contributed by atoms with van der Waals surface area (Å²) in [5.74, 6) is -0.617. The fraction of sp³-hybridized carbons (Fsp3) is 0.238. The molecule has 1 heterocycles. The first-order valence-electron chi connectivity index (χ1n) is 9.15. The molecular formula is C21H22FN3O3S. The van der Waals surface area contributed by atoms with Crippen molar-refractivity contribution in [3.63, 3.8) is 0 Å². The molecule has 0 aliphatic heterocycles. The Hall–Kier alpha value is -3.00.